The molecule has 2 heterocycles. The van der Waals surface area contributed by atoms with Gasteiger partial charge in [0.25, 0.3) is 5.56 Å². The highest BCUT2D eigenvalue weighted by molar-refractivity contribution is 5.69. The van der Waals surface area contributed by atoms with Gasteiger partial charge in [0, 0.05) is 11.6 Å². The summed E-state index contributed by atoms with van der Waals surface area (Å²) in [5.41, 5.74) is 0.136. The molecule has 0 radical (unpaired) electrons. The van der Waals surface area contributed by atoms with Crippen LogP contribution in [0.5, 0.6) is 11.5 Å². The van der Waals surface area contributed by atoms with Crippen LogP contribution < -0.4 is 26.1 Å². The van der Waals surface area contributed by atoms with Crippen molar-refractivity contribution in [3.05, 3.63) is 45.2 Å². The topological polar surface area (TPSA) is 92.3 Å². The van der Waals surface area contributed by atoms with Gasteiger partial charge in [-0.2, -0.15) is 0 Å². The average Bonchev–Trinajstić information content (AvgIpc) is 2.84. The minimum absolute atomic E-state index is 0.0283. The van der Waals surface area contributed by atoms with E-state index in [1.165, 1.54) is 13.2 Å². The van der Waals surface area contributed by atoms with Crippen molar-refractivity contribution < 1.29 is 23.5 Å². The summed E-state index contributed by atoms with van der Waals surface area (Å²) in [5, 5.41) is 3.44. The van der Waals surface area contributed by atoms with Crippen molar-refractivity contribution in [2.75, 3.05) is 14.2 Å². The highest BCUT2D eigenvalue weighted by Gasteiger charge is 2.18. The van der Waals surface area contributed by atoms with E-state index in [0.717, 1.165) is 4.57 Å². The van der Waals surface area contributed by atoms with E-state index in [9.17, 15) is 9.59 Å². The molecule has 22 heavy (non-hydrogen) atoms. The fourth-order valence-corrected chi connectivity index (χ4v) is 2.04. The van der Waals surface area contributed by atoms with Gasteiger partial charge in [0.1, 0.15) is 18.0 Å². The summed E-state index contributed by atoms with van der Waals surface area (Å²) >= 11 is 0. The van der Waals surface area contributed by atoms with Gasteiger partial charge in [-0.15, -0.1) is 0 Å². The van der Waals surface area contributed by atoms with Crippen molar-refractivity contribution in [1.29, 1.82) is 0 Å². The van der Waals surface area contributed by atoms with E-state index in [1.807, 2.05) is 0 Å². The van der Waals surface area contributed by atoms with E-state index in [4.69, 9.17) is 13.9 Å². The van der Waals surface area contributed by atoms with E-state index in [1.54, 1.807) is 25.3 Å². The van der Waals surface area contributed by atoms with Gasteiger partial charge in [0.15, 0.2) is 5.42 Å². The molecule has 0 atom stereocenters. The number of methoxy groups -OCH3 is 2. The Balaban J connectivity index is 2.15. The molecule has 0 saturated carbocycles. The minimum atomic E-state index is -0.621. The predicted molar refractivity (Wildman–Crippen MR) is 73.0 cm³/mol. The Bertz CT molecular complexity index is 908. The summed E-state index contributed by atoms with van der Waals surface area (Å²) in [6.45, 7) is -0.227. The van der Waals surface area contributed by atoms with Crippen molar-refractivity contribution in [2.45, 2.75) is 6.54 Å². The van der Waals surface area contributed by atoms with Crippen LogP contribution in [-0.2, 0) is 16.2 Å². The molecular weight excluding hydrogens is 292 g/mol. The fraction of sp³-hybridized carbons (Fsp3) is 0.214. The zero-order valence-corrected chi connectivity index (χ0v) is 11.9. The lowest BCUT2D eigenvalue weighted by Crippen LogP contribution is -2.37. The molecule has 1 aromatic carbocycles. The van der Waals surface area contributed by atoms with E-state index in [0.29, 0.717) is 17.1 Å². The summed E-state index contributed by atoms with van der Waals surface area (Å²) in [6.07, 6.45) is 1.51. The molecule has 0 spiro atoms. The molecule has 0 saturated heterocycles. The van der Waals surface area contributed by atoms with E-state index in [-0.39, 0.29) is 17.6 Å². The summed E-state index contributed by atoms with van der Waals surface area (Å²) in [5.74, 6) is 0.518. The second kappa shape index (κ2) is 5.40. The Hall–Kier alpha value is -3.03. The first-order valence-corrected chi connectivity index (χ1v) is 6.33. The van der Waals surface area contributed by atoms with Crippen molar-refractivity contribution in [3.8, 4) is 11.5 Å². The molecule has 0 aliphatic carbocycles. The molecule has 114 valence electrons. The van der Waals surface area contributed by atoms with Crippen LogP contribution in [0.15, 0.2) is 32.6 Å². The monoisotopic (exact) mass is 304 g/mol. The SMILES string of the molecule is COc1ccc(/C=c2/oc3n(c2=O)CC(=O)ON=3)c(OC)c1. The third-order valence-electron chi connectivity index (χ3n) is 3.13. The number of aromatic nitrogens is 1. The average molecular weight is 304 g/mol. The van der Waals surface area contributed by atoms with E-state index in [2.05, 4.69) is 9.99 Å². The van der Waals surface area contributed by atoms with Gasteiger partial charge in [0.2, 0.25) is 0 Å². The molecule has 0 unspecified atom stereocenters. The first-order chi connectivity index (χ1) is 10.6. The molecule has 1 aromatic heterocycles. The van der Waals surface area contributed by atoms with Gasteiger partial charge >= 0.3 is 11.7 Å². The van der Waals surface area contributed by atoms with Crippen LogP contribution in [0.4, 0.5) is 0 Å². The van der Waals surface area contributed by atoms with Crippen molar-refractivity contribution >= 4 is 12.0 Å². The van der Waals surface area contributed by atoms with Crippen molar-refractivity contribution in [2.24, 2.45) is 5.16 Å². The van der Waals surface area contributed by atoms with Crippen LogP contribution >= 0.6 is 0 Å². The van der Waals surface area contributed by atoms with Gasteiger partial charge in [-0.25, -0.2) is 9.36 Å². The number of hydrogen-bond donors (Lipinski definition) is 0. The first kappa shape index (κ1) is 13.9. The Morgan fingerprint density at radius 2 is 2.09 bits per heavy atom. The molecule has 2 aromatic rings. The third kappa shape index (κ3) is 2.34. The normalized spacial score (nSPS) is 14.1. The van der Waals surface area contributed by atoms with E-state index < -0.39 is 11.5 Å². The first-order valence-electron chi connectivity index (χ1n) is 6.33. The predicted octanol–water partition coefficient (Wildman–Crippen LogP) is -0.621. The van der Waals surface area contributed by atoms with Crippen molar-refractivity contribution in [1.82, 2.24) is 4.57 Å². The number of hydrogen-bond acceptors (Lipinski definition) is 7. The number of rotatable bonds is 3. The fourth-order valence-electron chi connectivity index (χ4n) is 2.04. The lowest BCUT2D eigenvalue weighted by atomic mass is 10.2. The third-order valence-corrected chi connectivity index (χ3v) is 3.13. The number of nitrogens with zero attached hydrogens (tertiary/aromatic N) is 2. The second-order valence-corrected chi connectivity index (χ2v) is 4.45. The van der Waals surface area contributed by atoms with Crippen LogP contribution in [0.1, 0.15) is 5.56 Å². The number of carbonyl (C=O) groups excluding carboxylic acids is 1. The van der Waals surface area contributed by atoms with Crippen LogP contribution in [0.25, 0.3) is 6.08 Å². The molecular formula is C14H12N2O6. The zero-order valence-electron chi connectivity index (χ0n) is 11.9. The smallest absolute Gasteiger partial charge is 0.355 e. The molecule has 8 heteroatoms. The maximum Gasteiger partial charge on any atom is 0.355 e. The van der Waals surface area contributed by atoms with Crippen LogP contribution in [0, 0.1) is 0 Å². The minimum Gasteiger partial charge on any atom is -0.497 e. The van der Waals surface area contributed by atoms with Crippen molar-refractivity contribution in [3.63, 3.8) is 0 Å². The van der Waals surface area contributed by atoms with Gasteiger partial charge < -0.3 is 18.7 Å². The maximum atomic E-state index is 12.2. The van der Waals surface area contributed by atoms with E-state index >= 15 is 0 Å². The second-order valence-electron chi connectivity index (χ2n) is 4.45. The number of carbonyl (C=O) groups is 1. The lowest BCUT2D eigenvalue weighted by molar-refractivity contribution is -0.147. The number of ether oxygens (including phenoxy) is 2. The highest BCUT2D eigenvalue weighted by Crippen LogP contribution is 2.24. The molecule has 8 nitrogen and oxygen atoms in total. The Kier molecular flexibility index (Phi) is 3.42. The summed E-state index contributed by atoms with van der Waals surface area (Å²) in [4.78, 5) is 27.8. The number of benzene rings is 1. The van der Waals surface area contributed by atoms with Gasteiger partial charge in [-0.3, -0.25) is 4.79 Å². The Labute approximate surface area is 123 Å². The number of oxazole rings is 1. The van der Waals surface area contributed by atoms with Crippen LogP contribution in [0.2, 0.25) is 0 Å². The molecule has 0 bridgehead atoms. The standard InChI is InChI=1S/C14H12N2O6/c1-19-9-4-3-8(10(6-9)20-2)5-11-13(18)16-7-12(17)22-15-14(16)21-11/h3-6H,7H2,1-2H3/b11-5+. The Morgan fingerprint density at radius 3 is 2.82 bits per heavy atom. The quantitative estimate of drug-likeness (QED) is 0.702. The molecule has 3 rings (SSSR count). The lowest BCUT2D eigenvalue weighted by Gasteiger charge is -2.06. The van der Waals surface area contributed by atoms with Gasteiger partial charge in [-0.1, -0.05) is 0 Å². The maximum absolute atomic E-state index is 12.2. The molecule has 0 N–H and O–H groups in total. The molecule has 1 aliphatic rings. The summed E-state index contributed by atoms with van der Waals surface area (Å²) < 4.78 is 16.8. The molecule has 0 amide bonds. The van der Waals surface area contributed by atoms with Gasteiger partial charge in [0.05, 0.1) is 14.2 Å². The molecule has 0 fully saturated rings. The summed E-state index contributed by atoms with van der Waals surface area (Å²) in [7, 11) is 3.05. The highest BCUT2D eigenvalue weighted by atomic mass is 16.7. The largest absolute Gasteiger partial charge is 0.497 e. The zero-order chi connectivity index (χ0) is 15.7. The Morgan fingerprint density at radius 1 is 1.27 bits per heavy atom. The van der Waals surface area contributed by atoms with Gasteiger partial charge in [-0.05, 0) is 23.4 Å². The summed E-state index contributed by atoms with van der Waals surface area (Å²) in [6, 6.07) is 5.14. The van der Waals surface area contributed by atoms with Crippen LogP contribution in [-0.4, -0.2) is 24.8 Å². The number of fused-ring (bicyclic) bond motifs is 1. The van der Waals surface area contributed by atoms with Crippen LogP contribution in [0.3, 0.4) is 0 Å². The molecule has 1 aliphatic heterocycles.